The number of para-hydroxylation sites is 1. The zero-order valence-electron chi connectivity index (χ0n) is 10.6. The van der Waals surface area contributed by atoms with Crippen molar-refractivity contribution in [2.45, 2.75) is 25.4 Å². The van der Waals surface area contributed by atoms with Crippen molar-refractivity contribution < 1.29 is 14.6 Å². The van der Waals surface area contributed by atoms with Crippen molar-refractivity contribution in [1.82, 2.24) is 0 Å². The highest BCUT2D eigenvalue weighted by Crippen LogP contribution is 2.21. The lowest BCUT2D eigenvalue weighted by Gasteiger charge is -2.29. The number of benzene rings is 1. The van der Waals surface area contributed by atoms with Crippen molar-refractivity contribution in [3.63, 3.8) is 0 Å². The Morgan fingerprint density at radius 1 is 1.44 bits per heavy atom. The van der Waals surface area contributed by atoms with Crippen LogP contribution in [-0.4, -0.2) is 37.4 Å². The summed E-state index contributed by atoms with van der Waals surface area (Å²) < 4.78 is 5.68. The third-order valence-corrected chi connectivity index (χ3v) is 3.30. The second-order valence-corrected chi connectivity index (χ2v) is 4.69. The molecule has 0 saturated carbocycles. The first-order chi connectivity index (χ1) is 8.68. The summed E-state index contributed by atoms with van der Waals surface area (Å²) in [4.78, 5) is 13.1. The van der Waals surface area contributed by atoms with Gasteiger partial charge < -0.3 is 14.7 Å². The summed E-state index contributed by atoms with van der Waals surface area (Å²) in [6.45, 7) is 1.56. The van der Waals surface area contributed by atoms with Gasteiger partial charge in [-0.3, -0.25) is 0 Å². The molecule has 1 N–H and O–H groups in total. The lowest BCUT2D eigenvalue weighted by Crippen LogP contribution is -2.34. The number of hydrogen-bond acceptors (Lipinski definition) is 3. The Morgan fingerprint density at radius 2 is 2.22 bits per heavy atom. The van der Waals surface area contributed by atoms with Gasteiger partial charge in [0, 0.05) is 20.2 Å². The van der Waals surface area contributed by atoms with E-state index in [4.69, 9.17) is 9.84 Å². The molecule has 1 fully saturated rings. The summed E-state index contributed by atoms with van der Waals surface area (Å²) in [5, 5.41) is 9.16. The predicted molar refractivity (Wildman–Crippen MR) is 70.3 cm³/mol. The van der Waals surface area contributed by atoms with Gasteiger partial charge >= 0.3 is 5.97 Å². The summed E-state index contributed by atoms with van der Waals surface area (Å²) >= 11 is 0. The summed E-state index contributed by atoms with van der Waals surface area (Å²) in [5.41, 5.74) is 1.09. The van der Waals surface area contributed by atoms with Crippen molar-refractivity contribution >= 4 is 11.7 Å². The Morgan fingerprint density at radius 3 is 2.89 bits per heavy atom. The van der Waals surface area contributed by atoms with Gasteiger partial charge in [0.1, 0.15) is 0 Å². The quantitative estimate of drug-likeness (QED) is 0.890. The molecule has 1 atom stereocenters. The van der Waals surface area contributed by atoms with Crippen molar-refractivity contribution in [1.29, 1.82) is 0 Å². The number of carboxylic acid groups (broad SMARTS) is 1. The number of rotatable bonds is 4. The number of aromatic carboxylic acids is 1. The van der Waals surface area contributed by atoms with Gasteiger partial charge in [0.15, 0.2) is 0 Å². The van der Waals surface area contributed by atoms with E-state index in [9.17, 15) is 4.79 Å². The fourth-order valence-electron chi connectivity index (χ4n) is 2.34. The molecule has 1 aromatic carbocycles. The van der Waals surface area contributed by atoms with E-state index in [2.05, 4.69) is 0 Å². The largest absolute Gasteiger partial charge is 0.478 e. The molecule has 4 heteroatoms. The molecular weight excluding hydrogens is 230 g/mol. The molecule has 0 aliphatic carbocycles. The Balaban J connectivity index is 2.08. The minimum absolute atomic E-state index is 0.214. The van der Waals surface area contributed by atoms with Crippen LogP contribution in [0.3, 0.4) is 0 Å². The SMILES string of the molecule is CN(CC1CCCCO1)c1ccccc1C(=O)O. The highest BCUT2D eigenvalue weighted by atomic mass is 16.5. The Kier molecular flexibility index (Phi) is 4.20. The second-order valence-electron chi connectivity index (χ2n) is 4.69. The monoisotopic (exact) mass is 249 g/mol. The maximum atomic E-state index is 11.2. The van der Waals surface area contributed by atoms with Gasteiger partial charge in [0.25, 0.3) is 0 Å². The van der Waals surface area contributed by atoms with Gasteiger partial charge in [-0.1, -0.05) is 12.1 Å². The molecule has 0 spiro atoms. The lowest BCUT2D eigenvalue weighted by atomic mass is 10.1. The zero-order chi connectivity index (χ0) is 13.0. The first kappa shape index (κ1) is 12.9. The first-order valence-corrected chi connectivity index (χ1v) is 6.33. The van der Waals surface area contributed by atoms with Crippen molar-refractivity contribution in [3.8, 4) is 0 Å². The number of hydrogen-bond donors (Lipinski definition) is 1. The van der Waals surface area contributed by atoms with Crippen molar-refractivity contribution in [3.05, 3.63) is 29.8 Å². The van der Waals surface area contributed by atoms with E-state index >= 15 is 0 Å². The van der Waals surface area contributed by atoms with Gasteiger partial charge in [-0.15, -0.1) is 0 Å². The van der Waals surface area contributed by atoms with Crippen LogP contribution in [0.25, 0.3) is 0 Å². The Hall–Kier alpha value is -1.55. The lowest BCUT2D eigenvalue weighted by molar-refractivity contribution is 0.0215. The fraction of sp³-hybridized carbons (Fsp3) is 0.500. The highest BCUT2D eigenvalue weighted by Gasteiger charge is 2.18. The molecule has 1 saturated heterocycles. The van der Waals surface area contributed by atoms with E-state index in [0.29, 0.717) is 5.56 Å². The molecule has 1 heterocycles. The van der Waals surface area contributed by atoms with Crippen LogP contribution in [0.4, 0.5) is 5.69 Å². The molecular formula is C14H19NO3. The topological polar surface area (TPSA) is 49.8 Å². The van der Waals surface area contributed by atoms with Crippen LogP contribution >= 0.6 is 0 Å². The normalized spacial score (nSPS) is 19.5. The summed E-state index contributed by atoms with van der Waals surface area (Å²) in [7, 11) is 1.92. The Bertz CT molecular complexity index is 413. The van der Waals surface area contributed by atoms with Crippen molar-refractivity contribution in [2.75, 3.05) is 25.1 Å². The maximum absolute atomic E-state index is 11.2. The molecule has 4 nitrogen and oxygen atoms in total. The molecule has 0 amide bonds. The average molecular weight is 249 g/mol. The highest BCUT2D eigenvalue weighted by molar-refractivity contribution is 5.94. The molecule has 0 radical (unpaired) electrons. The van der Waals surface area contributed by atoms with Crippen LogP contribution in [0, 0.1) is 0 Å². The second kappa shape index (κ2) is 5.87. The van der Waals surface area contributed by atoms with E-state index < -0.39 is 5.97 Å². The number of ether oxygens (including phenoxy) is 1. The van der Waals surface area contributed by atoms with Crippen LogP contribution in [0.1, 0.15) is 29.6 Å². The molecule has 1 aromatic rings. The van der Waals surface area contributed by atoms with Gasteiger partial charge in [0.2, 0.25) is 0 Å². The summed E-state index contributed by atoms with van der Waals surface area (Å²) in [5.74, 6) is -0.887. The molecule has 18 heavy (non-hydrogen) atoms. The molecule has 98 valence electrons. The smallest absolute Gasteiger partial charge is 0.337 e. The zero-order valence-corrected chi connectivity index (χ0v) is 10.6. The van der Waals surface area contributed by atoms with Crippen LogP contribution in [0.15, 0.2) is 24.3 Å². The van der Waals surface area contributed by atoms with E-state index in [1.165, 1.54) is 6.42 Å². The van der Waals surface area contributed by atoms with E-state index in [0.717, 1.165) is 31.7 Å². The predicted octanol–water partition coefficient (Wildman–Crippen LogP) is 2.39. The van der Waals surface area contributed by atoms with Crippen LogP contribution < -0.4 is 4.90 Å². The third kappa shape index (κ3) is 3.01. The molecule has 1 aliphatic heterocycles. The molecule has 0 aromatic heterocycles. The third-order valence-electron chi connectivity index (χ3n) is 3.30. The van der Waals surface area contributed by atoms with Gasteiger partial charge in [0.05, 0.1) is 17.4 Å². The average Bonchev–Trinajstić information content (AvgIpc) is 2.40. The van der Waals surface area contributed by atoms with E-state index in [1.807, 2.05) is 24.1 Å². The van der Waals surface area contributed by atoms with Gasteiger partial charge in [-0.05, 0) is 31.4 Å². The number of likely N-dealkylation sites (N-methyl/N-ethyl adjacent to an activating group) is 1. The standard InChI is InChI=1S/C14H19NO3/c1-15(10-11-6-4-5-9-18-11)13-8-3-2-7-12(13)14(16)17/h2-3,7-8,11H,4-6,9-10H2,1H3,(H,16,17). The molecule has 0 bridgehead atoms. The minimum Gasteiger partial charge on any atom is -0.478 e. The maximum Gasteiger partial charge on any atom is 0.337 e. The van der Waals surface area contributed by atoms with E-state index in [-0.39, 0.29) is 6.10 Å². The van der Waals surface area contributed by atoms with E-state index in [1.54, 1.807) is 12.1 Å². The fourth-order valence-corrected chi connectivity index (χ4v) is 2.34. The van der Waals surface area contributed by atoms with Gasteiger partial charge in [-0.25, -0.2) is 4.79 Å². The van der Waals surface area contributed by atoms with Gasteiger partial charge in [-0.2, -0.15) is 0 Å². The molecule has 1 unspecified atom stereocenters. The Labute approximate surface area is 107 Å². The van der Waals surface area contributed by atoms with Crippen LogP contribution in [-0.2, 0) is 4.74 Å². The number of nitrogens with zero attached hydrogens (tertiary/aromatic N) is 1. The first-order valence-electron chi connectivity index (χ1n) is 6.33. The number of anilines is 1. The summed E-state index contributed by atoms with van der Waals surface area (Å²) in [6, 6.07) is 7.08. The van der Waals surface area contributed by atoms with Crippen LogP contribution in [0.5, 0.6) is 0 Å². The minimum atomic E-state index is -0.887. The van der Waals surface area contributed by atoms with Crippen molar-refractivity contribution in [2.24, 2.45) is 0 Å². The number of carboxylic acids is 1. The molecule has 2 rings (SSSR count). The van der Waals surface area contributed by atoms with Crippen LogP contribution in [0.2, 0.25) is 0 Å². The summed E-state index contributed by atoms with van der Waals surface area (Å²) in [6.07, 6.45) is 3.59. The number of carbonyl (C=O) groups is 1. The molecule has 1 aliphatic rings.